The van der Waals surface area contributed by atoms with Crippen LogP contribution in [0.1, 0.15) is 20.7 Å². The zero-order valence-corrected chi connectivity index (χ0v) is 13.0. The van der Waals surface area contributed by atoms with Gasteiger partial charge in [-0.15, -0.1) is 0 Å². The molecule has 1 N–H and O–H groups in total. The van der Waals surface area contributed by atoms with Crippen LogP contribution < -0.4 is 4.74 Å². The Hall–Kier alpha value is -3.02. The van der Waals surface area contributed by atoms with E-state index in [2.05, 4.69) is 0 Å². The lowest BCUT2D eigenvalue weighted by molar-refractivity contribution is 0.0700. The fourth-order valence-electron chi connectivity index (χ4n) is 2.79. The second-order valence-corrected chi connectivity index (χ2v) is 5.41. The first kappa shape index (κ1) is 14.9. The maximum atomic E-state index is 12.3. The van der Waals surface area contributed by atoms with Gasteiger partial charge in [-0.3, -0.25) is 4.79 Å². The van der Waals surface area contributed by atoms with Crippen LogP contribution in [0.15, 0.2) is 36.5 Å². The van der Waals surface area contributed by atoms with Crippen LogP contribution in [-0.2, 0) is 0 Å². The molecule has 0 spiro atoms. The van der Waals surface area contributed by atoms with Crippen molar-refractivity contribution in [2.45, 2.75) is 0 Å². The SMILES string of the molecule is COc1cc(C(=O)N(C)C)cc2c1c(C(=O)O)c1ccccn12. The summed E-state index contributed by atoms with van der Waals surface area (Å²) in [6, 6.07) is 8.59. The molecule has 0 radical (unpaired) electrons. The number of methoxy groups -OCH3 is 1. The predicted molar refractivity (Wildman–Crippen MR) is 86.4 cm³/mol. The van der Waals surface area contributed by atoms with E-state index in [4.69, 9.17) is 4.74 Å². The summed E-state index contributed by atoms with van der Waals surface area (Å²) in [6.07, 6.45) is 1.77. The van der Waals surface area contributed by atoms with Gasteiger partial charge in [-0.2, -0.15) is 0 Å². The van der Waals surface area contributed by atoms with Gasteiger partial charge in [0.2, 0.25) is 0 Å². The Kier molecular flexibility index (Phi) is 3.44. The molecule has 0 unspecified atom stereocenters. The highest BCUT2D eigenvalue weighted by Crippen LogP contribution is 2.35. The number of aromatic carboxylic acids is 1. The number of carboxylic acid groups (broad SMARTS) is 1. The molecule has 6 heteroatoms. The normalized spacial score (nSPS) is 10.9. The first-order chi connectivity index (χ1) is 11.0. The van der Waals surface area contributed by atoms with Gasteiger partial charge >= 0.3 is 5.97 Å². The summed E-state index contributed by atoms with van der Waals surface area (Å²) in [5.41, 5.74) is 1.80. The largest absolute Gasteiger partial charge is 0.496 e. The van der Waals surface area contributed by atoms with Crippen molar-refractivity contribution < 1.29 is 19.4 Å². The van der Waals surface area contributed by atoms with E-state index in [0.717, 1.165) is 0 Å². The van der Waals surface area contributed by atoms with E-state index in [1.165, 1.54) is 12.0 Å². The van der Waals surface area contributed by atoms with Crippen LogP contribution in [0.25, 0.3) is 16.4 Å². The van der Waals surface area contributed by atoms with Crippen LogP contribution in [-0.4, -0.2) is 47.5 Å². The quantitative estimate of drug-likeness (QED) is 0.806. The number of nitrogens with zero attached hydrogens (tertiary/aromatic N) is 2. The summed E-state index contributed by atoms with van der Waals surface area (Å²) >= 11 is 0. The van der Waals surface area contributed by atoms with E-state index in [9.17, 15) is 14.7 Å². The van der Waals surface area contributed by atoms with Gasteiger partial charge in [-0.25, -0.2) is 4.79 Å². The Morgan fingerprint density at radius 3 is 2.52 bits per heavy atom. The van der Waals surface area contributed by atoms with Gasteiger partial charge in [0.15, 0.2) is 0 Å². The fraction of sp³-hybridized carbons (Fsp3) is 0.176. The average molecular weight is 312 g/mol. The van der Waals surface area contributed by atoms with Crippen LogP contribution in [0.3, 0.4) is 0 Å². The first-order valence-corrected chi connectivity index (χ1v) is 7.01. The molecule has 3 aromatic rings. The number of hydrogen-bond acceptors (Lipinski definition) is 3. The predicted octanol–water partition coefficient (Wildman–Crippen LogP) is 2.50. The molecule has 0 bridgehead atoms. The lowest BCUT2D eigenvalue weighted by Gasteiger charge is -2.12. The third kappa shape index (κ3) is 2.19. The molecule has 0 saturated heterocycles. The number of ether oxygens (including phenoxy) is 1. The number of carbonyl (C=O) groups is 2. The summed E-state index contributed by atoms with van der Waals surface area (Å²) < 4.78 is 7.13. The molecule has 2 aromatic heterocycles. The van der Waals surface area contributed by atoms with E-state index >= 15 is 0 Å². The van der Waals surface area contributed by atoms with Gasteiger partial charge in [0.05, 0.1) is 29.1 Å². The minimum atomic E-state index is -1.03. The van der Waals surface area contributed by atoms with E-state index in [0.29, 0.717) is 27.7 Å². The second-order valence-electron chi connectivity index (χ2n) is 5.41. The standard InChI is InChI=1S/C17H16N2O4/c1-18(2)16(20)10-8-12-14(13(9-10)23-3)15(17(21)22)11-6-4-5-7-19(11)12/h4-9H,1-3H3,(H,21,22). The molecule has 0 aliphatic rings. The molecule has 23 heavy (non-hydrogen) atoms. The number of benzene rings is 1. The third-order valence-corrected chi connectivity index (χ3v) is 3.79. The van der Waals surface area contributed by atoms with Crippen molar-refractivity contribution in [2.24, 2.45) is 0 Å². The van der Waals surface area contributed by atoms with Gasteiger partial charge < -0.3 is 19.1 Å². The Balaban J connectivity index is 2.49. The molecular weight excluding hydrogens is 296 g/mol. The minimum Gasteiger partial charge on any atom is -0.496 e. The Morgan fingerprint density at radius 2 is 1.91 bits per heavy atom. The maximum absolute atomic E-state index is 12.3. The van der Waals surface area contributed by atoms with Crippen molar-refractivity contribution in [3.8, 4) is 5.75 Å². The summed E-state index contributed by atoms with van der Waals surface area (Å²) in [5.74, 6) is -0.838. The van der Waals surface area contributed by atoms with E-state index in [1.807, 2.05) is 6.07 Å². The molecule has 1 aromatic carbocycles. The summed E-state index contributed by atoms with van der Waals surface area (Å²) in [4.78, 5) is 25.5. The Labute approximate surface area is 132 Å². The summed E-state index contributed by atoms with van der Waals surface area (Å²) in [5, 5.41) is 10.1. The van der Waals surface area contributed by atoms with Gasteiger partial charge in [0.1, 0.15) is 5.75 Å². The van der Waals surface area contributed by atoms with E-state index in [1.54, 1.807) is 49.0 Å². The van der Waals surface area contributed by atoms with Crippen LogP contribution in [0.4, 0.5) is 0 Å². The number of pyridine rings is 1. The van der Waals surface area contributed by atoms with E-state index < -0.39 is 5.97 Å². The molecular formula is C17H16N2O4. The average Bonchev–Trinajstić information content (AvgIpc) is 2.87. The van der Waals surface area contributed by atoms with Crippen LogP contribution in [0.5, 0.6) is 5.75 Å². The Bertz CT molecular complexity index is 941. The topological polar surface area (TPSA) is 71.2 Å². The van der Waals surface area contributed by atoms with Gasteiger partial charge in [0.25, 0.3) is 5.91 Å². The molecule has 2 heterocycles. The monoisotopic (exact) mass is 312 g/mol. The molecule has 0 fully saturated rings. The highest BCUT2D eigenvalue weighted by atomic mass is 16.5. The summed E-state index contributed by atoms with van der Waals surface area (Å²) in [6.45, 7) is 0. The van der Waals surface area contributed by atoms with Crippen LogP contribution in [0, 0.1) is 0 Å². The second kappa shape index (κ2) is 5.31. The molecule has 0 aliphatic heterocycles. The highest BCUT2D eigenvalue weighted by Gasteiger charge is 2.23. The number of carboxylic acids is 1. The van der Waals surface area contributed by atoms with Crippen LogP contribution >= 0.6 is 0 Å². The number of hydrogen-bond donors (Lipinski definition) is 1. The van der Waals surface area contributed by atoms with Crippen molar-refractivity contribution in [3.63, 3.8) is 0 Å². The summed E-state index contributed by atoms with van der Waals surface area (Å²) in [7, 11) is 4.79. The molecule has 118 valence electrons. The molecule has 0 atom stereocenters. The van der Waals surface area contributed by atoms with Gasteiger partial charge in [-0.05, 0) is 24.3 Å². The Morgan fingerprint density at radius 1 is 1.17 bits per heavy atom. The van der Waals surface area contributed by atoms with Crippen molar-refractivity contribution in [3.05, 3.63) is 47.7 Å². The molecule has 1 amide bonds. The first-order valence-electron chi connectivity index (χ1n) is 7.01. The molecule has 3 rings (SSSR count). The third-order valence-electron chi connectivity index (χ3n) is 3.79. The number of rotatable bonds is 3. The molecule has 6 nitrogen and oxygen atoms in total. The van der Waals surface area contributed by atoms with Crippen molar-refractivity contribution in [1.82, 2.24) is 9.30 Å². The van der Waals surface area contributed by atoms with Crippen LogP contribution in [0.2, 0.25) is 0 Å². The van der Waals surface area contributed by atoms with Gasteiger partial charge in [-0.1, -0.05) is 6.07 Å². The smallest absolute Gasteiger partial charge is 0.338 e. The number of amides is 1. The number of carbonyl (C=O) groups excluding carboxylic acids is 1. The van der Waals surface area contributed by atoms with Crippen molar-refractivity contribution in [1.29, 1.82) is 0 Å². The zero-order chi connectivity index (χ0) is 16.7. The lowest BCUT2D eigenvalue weighted by atomic mass is 10.1. The van der Waals surface area contributed by atoms with Crippen molar-refractivity contribution >= 4 is 28.3 Å². The number of aromatic nitrogens is 1. The van der Waals surface area contributed by atoms with E-state index in [-0.39, 0.29) is 11.5 Å². The van der Waals surface area contributed by atoms with Crippen molar-refractivity contribution in [2.75, 3.05) is 21.2 Å². The molecule has 0 aliphatic carbocycles. The maximum Gasteiger partial charge on any atom is 0.338 e. The fourth-order valence-corrected chi connectivity index (χ4v) is 2.79. The zero-order valence-electron chi connectivity index (χ0n) is 13.0. The van der Waals surface area contributed by atoms with Gasteiger partial charge in [0, 0.05) is 25.9 Å². The lowest BCUT2D eigenvalue weighted by Crippen LogP contribution is -2.21. The minimum absolute atomic E-state index is 0.168. The highest BCUT2D eigenvalue weighted by molar-refractivity contribution is 6.14. The number of fused-ring (bicyclic) bond motifs is 3. The molecule has 0 saturated carbocycles.